The van der Waals surface area contributed by atoms with Crippen LogP contribution >= 0.6 is 12.6 Å². The smallest absolute Gasteiger partial charge is 0.335 e. The Hall–Kier alpha value is -2.41. The number of fused-ring (bicyclic) bond motifs is 1. The molecule has 11 nitrogen and oxygen atoms in total. The lowest BCUT2D eigenvalue weighted by Gasteiger charge is -2.38. The van der Waals surface area contributed by atoms with Gasteiger partial charge in [0.25, 0.3) is 0 Å². The lowest BCUT2D eigenvalue weighted by molar-refractivity contribution is -0.205. The van der Waals surface area contributed by atoms with Gasteiger partial charge in [0.05, 0.1) is 6.33 Å². The highest BCUT2D eigenvalue weighted by Gasteiger charge is 2.48. The van der Waals surface area contributed by atoms with Crippen molar-refractivity contribution < 1.29 is 29.6 Å². The number of aliphatic hydroxyl groups is 2. The maximum absolute atomic E-state index is 11.1. The number of carbonyl (C=O) groups is 1. The Balaban J connectivity index is 1.83. The summed E-state index contributed by atoms with van der Waals surface area (Å²) in [7, 11) is 0. The second-order valence-electron chi connectivity index (χ2n) is 6.47. The van der Waals surface area contributed by atoms with Crippen LogP contribution in [0.2, 0.25) is 0 Å². The van der Waals surface area contributed by atoms with E-state index in [0.29, 0.717) is 23.5 Å². The van der Waals surface area contributed by atoms with Gasteiger partial charge in [0, 0.05) is 6.54 Å². The molecule has 0 aromatic carbocycles. The van der Waals surface area contributed by atoms with Gasteiger partial charge in [-0.1, -0.05) is 11.6 Å². The van der Waals surface area contributed by atoms with E-state index in [4.69, 9.17) is 14.6 Å². The number of ether oxygens (including phenoxy) is 2. The number of H-pyrrole nitrogens is 1. The predicted octanol–water partition coefficient (Wildman–Crippen LogP) is -0.0605. The van der Waals surface area contributed by atoms with Crippen LogP contribution in [0.1, 0.15) is 13.8 Å². The zero-order valence-corrected chi connectivity index (χ0v) is 16.0. The first-order valence-electron chi connectivity index (χ1n) is 8.45. The van der Waals surface area contributed by atoms with E-state index >= 15 is 0 Å². The number of imidazole rings is 1. The van der Waals surface area contributed by atoms with E-state index in [2.05, 4.69) is 37.9 Å². The van der Waals surface area contributed by atoms with E-state index in [9.17, 15) is 15.0 Å². The molecule has 12 heteroatoms. The van der Waals surface area contributed by atoms with Crippen molar-refractivity contribution >= 4 is 35.6 Å². The zero-order chi connectivity index (χ0) is 20.4. The first-order chi connectivity index (χ1) is 13.3. The number of nitrogens with one attached hydrogen (secondary N) is 2. The largest absolute Gasteiger partial charge is 0.479 e. The number of aliphatic hydroxyl groups excluding tert-OH is 2. The van der Waals surface area contributed by atoms with Gasteiger partial charge in [-0.3, -0.25) is 0 Å². The van der Waals surface area contributed by atoms with Crippen molar-refractivity contribution in [1.82, 2.24) is 19.9 Å². The molecule has 1 aliphatic rings. The number of aliphatic carboxylic acids is 1. The van der Waals surface area contributed by atoms with Crippen LogP contribution in [-0.4, -0.2) is 77.6 Å². The van der Waals surface area contributed by atoms with Crippen LogP contribution in [-0.2, 0) is 9.53 Å². The Labute approximate surface area is 165 Å². The van der Waals surface area contributed by atoms with Crippen LogP contribution in [0.15, 0.2) is 18.0 Å². The summed E-state index contributed by atoms with van der Waals surface area (Å²) >= 11 is 4.12. The fraction of sp³-hybridized carbons (Fsp3) is 0.500. The molecule has 0 spiro atoms. The second-order valence-corrected chi connectivity index (χ2v) is 6.98. The maximum Gasteiger partial charge on any atom is 0.335 e. The third-order valence-corrected chi connectivity index (χ3v) is 4.51. The molecule has 0 aliphatic carbocycles. The van der Waals surface area contributed by atoms with Crippen LogP contribution < -0.4 is 10.1 Å². The van der Waals surface area contributed by atoms with E-state index in [1.807, 2.05) is 19.9 Å². The van der Waals surface area contributed by atoms with Crippen molar-refractivity contribution in [3.05, 3.63) is 18.0 Å². The summed E-state index contributed by atoms with van der Waals surface area (Å²) in [6, 6.07) is -0.132. The molecular formula is C16H21N5O6S. The summed E-state index contributed by atoms with van der Waals surface area (Å²) in [5.41, 5.74) is 0.903. The maximum atomic E-state index is 11.1. The van der Waals surface area contributed by atoms with Crippen molar-refractivity contribution in [3.8, 4) is 6.01 Å². The van der Waals surface area contributed by atoms with E-state index < -0.39 is 35.8 Å². The molecule has 0 bridgehead atoms. The number of allylic oxidation sites excluding steroid dienone is 1. The van der Waals surface area contributed by atoms with Gasteiger partial charge in [-0.15, -0.1) is 12.6 Å². The molecule has 1 saturated heterocycles. The van der Waals surface area contributed by atoms with Crippen LogP contribution in [0, 0.1) is 0 Å². The molecule has 3 rings (SSSR count). The number of rotatable bonds is 6. The lowest BCUT2D eigenvalue weighted by Crippen LogP contribution is -2.60. The van der Waals surface area contributed by atoms with Crippen molar-refractivity contribution in [2.75, 3.05) is 11.9 Å². The Bertz CT molecular complexity index is 886. The minimum atomic E-state index is -1.70. The standard InChI is InChI=1S/C16H21N5O6S/c1-6(2)3-4-17-12-7-13(19-5-18-7)21-16(20-12)27-11-9(23)8(22)10(14(24)25)26-15(11)28/h3,5,8-11,15,22-23,28H,4H2,1-2H3,(H,24,25)(H2,17,18,19,20,21)/t8-,9-,10-,11+,15-/m0/s1. The van der Waals surface area contributed by atoms with Gasteiger partial charge in [-0.25, -0.2) is 9.78 Å². The Morgan fingerprint density at radius 2 is 2.14 bits per heavy atom. The van der Waals surface area contributed by atoms with Crippen LogP contribution in [0.25, 0.3) is 11.2 Å². The lowest BCUT2D eigenvalue weighted by atomic mass is 10.00. The summed E-state index contributed by atoms with van der Waals surface area (Å²) in [5.74, 6) is -0.982. The molecule has 1 fully saturated rings. The monoisotopic (exact) mass is 411 g/mol. The average molecular weight is 411 g/mol. The number of carboxylic acids is 1. The summed E-state index contributed by atoms with van der Waals surface area (Å²) in [5, 5.41) is 32.4. The number of carboxylic acid groups (broad SMARTS) is 1. The summed E-state index contributed by atoms with van der Waals surface area (Å²) in [6.45, 7) is 4.44. The van der Waals surface area contributed by atoms with Crippen molar-refractivity contribution in [3.63, 3.8) is 0 Å². The van der Waals surface area contributed by atoms with Gasteiger partial charge in [0.15, 0.2) is 23.7 Å². The normalized spacial score (nSPS) is 27.4. The number of hydrogen-bond donors (Lipinski definition) is 6. The van der Waals surface area contributed by atoms with Gasteiger partial charge < -0.3 is 35.1 Å². The van der Waals surface area contributed by atoms with Crippen molar-refractivity contribution in [1.29, 1.82) is 0 Å². The molecule has 5 atom stereocenters. The SMILES string of the molecule is CC(C)=CCNc1nc(O[C@@H]2[C@@H](O)[C@H](O)[C@@H](C(=O)O)O[C@H]2S)nc2nc[nH]c12. The molecule has 2 aromatic rings. The fourth-order valence-corrected chi connectivity index (χ4v) is 3.02. The number of anilines is 1. The topological polar surface area (TPSA) is 163 Å². The first kappa shape index (κ1) is 20.3. The van der Waals surface area contributed by atoms with Crippen LogP contribution in [0.5, 0.6) is 6.01 Å². The van der Waals surface area contributed by atoms with Crippen LogP contribution in [0.4, 0.5) is 5.82 Å². The number of aromatic nitrogens is 4. The highest BCUT2D eigenvalue weighted by atomic mass is 32.1. The average Bonchev–Trinajstić information content (AvgIpc) is 3.10. The summed E-state index contributed by atoms with van der Waals surface area (Å²) in [4.78, 5) is 26.5. The number of aromatic amines is 1. The minimum absolute atomic E-state index is 0.132. The van der Waals surface area contributed by atoms with Crippen molar-refractivity contribution in [2.45, 2.75) is 43.7 Å². The molecule has 0 saturated carbocycles. The first-order valence-corrected chi connectivity index (χ1v) is 8.97. The number of thiol groups is 1. The molecule has 0 amide bonds. The zero-order valence-electron chi connectivity index (χ0n) is 15.1. The molecule has 2 aromatic heterocycles. The summed E-state index contributed by atoms with van der Waals surface area (Å²) in [6.07, 6.45) is -2.66. The van der Waals surface area contributed by atoms with E-state index in [1.165, 1.54) is 6.33 Å². The molecule has 152 valence electrons. The number of hydrogen-bond acceptors (Lipinski definition) is 10. The molecule has 3 heterocycles. The molecular weight excluding hydrogens is 390 g/mol. The van der Waals surface area contributed by atoms with Gasteiger partial charge in [0.1, 0.15) is 23.2 Å². The third-order valence-electron chi connectivity index (χ3n) is 4.09. The third kappa shape index (κ3) is 4.19. The Morgan fingerprint density at radius 3 is 2.82 bits per heavy atom. The predicted molar refractivity (Wildman–Crippen MR) is 101 cm³/mol. The fourth-order valence-electron chi connectivity index (χ4n) is 2.65. The van der Waals surface area contributed by atoms with Gasteiger partial charge in [0.2, 0.25) is 0 Å². The Morgan fingerprint density at radius 1 is 1.39 bits per heavy atom. The van der Waals surface area contributed by atoms with Gasteiger partial charge in [-0.2, -0.15) is 9.97 Å². The quantitative estimate of drug-likeness (QED) is 0.280. The summed E-state index contributed by atoms with van der Waals surface area (Å²) < 4.78 is 10.7. The van der Waals surface area contributed by atoms with Gasteiger partial charge in [-0.05, 0) is 13.8 Å². The molecule has 0 unspecified atom stereocenters. The van der Waals surface area contributed by atoms with E-state index in [-0.39, 0.29) is 6.01 Å². The van der Waals surface area contributed by atoms with E-state index in [1.54, 1.807) is 0 Å². The highest BCUT2D eigenvalue weighted by molar-refractivity contribution is 7.80. The van der Waals surface area contributed by atoms with Crippen LogP contribution in [0.3, 0.4) is 0 Å². The molecule has 1 aliphatic heterocycles. The highest BCUT2D eigenvalue weighted by Crippen LogP contribution is 2.28. The molecule has 28 heavy (non-hydrogen) atoms. The molecule has 0 radical (unpaired) electrons. The van der Waals surface area contributed by atoms with E-state index in [0.717, 1.165) is 5.57 Å². The minimum Gasteiger partial charge on any atom is -0.479 e. The van der Waals surface area contributed by atoms with Crippen molar-refractivity contribution in [2.24, 2.45) is 0 Å². The van der Waals surface area contributed by atoms with Gasteiger partial charge >= 0.3 is 12.0 Å². The Kier molecular flexibility index (Phi) is 6.03. The second kappa shape index (κ2) is 8.31. The molecule has 5 N–H and O–H groups in total. The number of nitrogens with zero attached hydrogens (tertiary/aromatic N) is 3.